The van der Waals surface area contributed by atoms with Gasteiger partial charge in [0, 0.05) is 5.39 Å². The summed E-state index contributed by atoms with van der Waals surface area (Å²) >= 11 is 5.50. The van der Waals surface area contributed by atoms with Crippen LogP contribution in [0, 0.1) is 0 Å². The Bertz CT molecular complexity index is 640. The molecule has 3 nitrogen and oxygen atoms in total. The molecule has 1 heterocycles. The molecule has 2 aromatic rings. The van der Waals surface area contributed by atoms with Crippen molar-refractivity contribution < 1.29 is 23.1 Å². The molecule has 1 aromatic carbocycles. The largest absolute Gasteiger partial charge is 0.478 e. The first kappa shape index (κ1) is 12.6. The number of para-hydroxylation sites is 1. The van der Waals surface area contributed by atoms with E-state index in [4.69, 9.17) is 16.7 Å². The number of aromatic nitrogens is 1. The molecule has 1 N–H and O–H groups in total. The minimum atomic E-state index is -4.80. The molecule has 0 amide bonds. The van der Waals surface area contributed by atoms with Crippen molar-refractivity contribution in [1.29, 1.82) is 0 Å². The monoisotopic (exact) mass is 275 g/mol. The van der Waals surface area contributed by atoms with Gasteiger partial charge in [-0.15, -0.1) is 0 Å². The van der Waals surface area contributed by atoms with Crippen molar-refractivity contribution in [2.75, 3.05) is 0 Å². The van der Waals surface area contributed by atoms with Gasteiger partial charge in [-0.3, -0.25) is 0 Å². The number of carboxylic acids is 1. The van der Waals surface area contributed by atoms with Crippen LogP contribution in [0.2, 0.25) is 5.02 Å². The minimum Gasteiger partial charge on any atom is -0.478 e. The Morgan fingerprint density at radius 1 is 1.28 bits per heavy atom. The second kappa shape index (κ2) is 4.13. The summed E-state index contributed by atoms with van der Waals surface area (Å²) in [6.07, 6.45) is -4.80. The zero-order chi connectivity index (χ0) is 13.5. The standard InChI is InChI=1S/C11H5ClF3NO2/c12-8-7(10(17)18)5-3-1-2-4-6(5)16-9(8)11(13,14)15/h1-4H,(H,17,18). The van der Waals surface area contributed by atoms with Gasteiger partial charge in [-0.05, 0) is 6.07 Å². The second-order valence-electron chi connectivity index (χ2n) is 3.47. The Kier molecular flexibility index (Phi) is 2.90. The Labute approximate surface area is 104 Å². The van der Waals surface area contributed by atoms with Crippen LogP contribution in [0.25, 0.3) is 10.9 Å². The average molecular weight is 276 g/mol. The number of carbonyl (C=O) groups is 1. The average Bonchev–Trinajstić information content (AvgIpc) is 2.26. The molecule has 0 bridgehead atoms. The predicted octanol–water partition coefficient (Wildman–Crippen LogP) is 3.61. The highest BCUT2D eigenvalue weighted by Crippen LogP contribution is 2.37. The maximum absolute atomic E-state index is 12.7. The van der Waals surface area contributed by atoms with Gasteiger partial charge >= 0.3 is 12.1 Å². The number of hydrogen-bond acceptors (Lipinski definition) is 2. The zero-order valence-corrected chi connectivity index (χ0v) is 9.38. The first-order valence-electron chi connectivity index (χ1n) is 4.71. The minimum absolute atomic E-state index is 0.0633. The second-order valence-corrected chi connectivity index (χ2v) is 3.85. The highest BCUT2D eigenvalue weighted by atomic mass is 35.5. The van der Waals surface area contributed by atoms with Crippen molar-refractivity contribution in [3.63, 3.8) is 0 Å². The number of alkyl halides is 3. The van der Waals surface area contributed by atoms with Crippen LogP contribution in [0.4, 0.5) is 13.2 Å². The van der Waals surface area contributed by atoms with Gasteiger partial charge in [0.1, 0.15) is 0 Å². The topological polar surface area (TPSA) is 50.2 Å². The SMILES string of the molecule is O=C(O)c1c(Cl)c(C(F)(F)F)nc2ccccc12. The molecule has 1 aromatic heterocycles. The highest BCUT2D eigenvalue weighted by molar-refractivity contribution is 6.35. The van der Waals surface area contributed by atoms with Crippen LogP contribution in [0.1, 0.15) is 16.1 Å². The molecule has 0 aliphatic rings. The lowest BCUT2D eigenvalue weighted by Crippen LogP contribution is -2.13. The van der Waals surface area contributed by atoms with Crippen molar-refractivity contribution in [3.05, 3.63) is 40.5 Å². The van der Waals surface area contributed by atoms with Gasteiger partial charge in [0.25, 0.3) is 0 Å². The fraction of sp³-hybridized carbons (Fsp3) is 0.0909. The van der Waals surface area contributed by atoms with E-state index in [0.717, 1.165) is 0 Å². The van der Waals surface area contributed by atoms with E-state index in [1.54, 1.807) is 0 Å². The first-order chi connectivity index (χ1) is 8.32. The number of aromatic carboxylic acids is 1. The van der Waals surface area contributed by atoms with Crippen LogP contribution in [0.15, 0.2) is 24.3 Å². The van der Waals surface area contributed by atoms with E-state index in [-0.39, 0.29) is 10.9 Å². The van der Waals surface area contributed by atoms with Gasteiger partial charge in [-0.2, -0.15) is 13.2 Å². The van der Waals surface area contributed by atoms with Crippen LogP contribution in [-0.4, -0.2) is 16.1 Å². The number of nitrogens with zero attached hydrogens (tertiary/aromatic N) is 1. The molecule has 94 valence electrons. The Hall–Kier alpha value is -1.82. The maximum atomic E-state index is 12.7. The van der Waals surface area contributed by atoms with Gasteiger partial charge in [-0.1, -0.05) is 29.8 Å². The summed E-state index contributed by atoms with van der Waals surface area (Å²) in [5.74, 6) is -1.52. The molecule has 7 heteroatoms. The molecule has 2 rings (SSSR count). The third-order valence-electron chi connectivity index (χ3n) is 2.32. The van der Waals surface area contributed by atoms with Gasteiger partial charge < -0.3 is 5.11 Å². The number of rotatable bonds is 1. The fourth-order valence-electron chi connectivity index (χ4n) is 1.59. The fourth-order valence-corrected chi connectivity index (χ4v) is 1.92. The van der Waals surface area contributed by atoms with E-state index in [2.05, 4.69) is 4.98 Å². The van der Waals surface area contributed by atoms with Crippen LogP contribution >= 0.6 is 11.6 Å². The van der Waals surface area contributed by atoms with Crippen molar-refractivity contribution in [2.24, 2.45) is 0 Å². The number of halogens is 4. The quantitative estimate of drug-likeness (QED) is 0.865. The molecule has 0 spiro atoms. The summed E-state index contributed by atoms with van der Waals surface area (Å²) in [5, 5.41) is 8.15. The third-order valence-corrected chi connectivity index (χ3v) is 2.68. The number of fused-ring (bicyclic) bond motifs is 1. The van der Waals surface area contributed by atoms with Gasteiger partial charge in [0.05, 0.1) is 16.1 Å². The van der Waals surface area contributed by atoms with Crippen molar-refractivity contribution >= 4 is 28.5 Å². The van der Waals surface area contributed by atoms with E-state index >= 15 is 0 Å². The van der Waals surface area contributed by atoms with Gasteiger partial charge in [-0.25, -0.2) is 9.78 Å². The van der Waals surface area contributed by atoms with Gasteiger partial charge in [0.15, 0.2) is 5.69 Å². The molecule has 0 saturated carbocycles. The summed E-state index contributed by atoms with van der Waals surface area (Å²) in [6, 6.07) is 5.63. The maximum Gasteiger partial charge on any atom is 0.434 e. The Morgan fingerprint density at radius 2 is 1.89 bits per heavy atom. The summed E-state index contributed by atoms with van der Waals surface area (Å²) in [7, 11) is 0. The molecular weight excluding hydrogens is 271 g/mol. The number of hydrogen-bond donors (Lipinski definition) is 1. The summed E-state index contributed by atoms with van der Waals surface area (Å²) in [6.45, 7) is 0. The Morgan fingerprint density at radius 3 is 2.44 bits per heavy atom. The molecule has 0 aliphatic carbocycles. The number of benzene rings is 1. The van der Waals surface area contributed by atoms with Crippen LogP contribution in [0.5, 0.6) is 0 Å². The highest BCUT2D eigenvalue weighted by Gasteiger charge is 2.38. The molecule has 0 atom stereocenters. The summed E-state index contributed by atoms with van der Waals surface area (Å²) in [4.78, 5) is 14.4. The first-order valence-corrected chi connectivity index (χ1v) is 5.09. The van der Waals surface area contributed by atoms with Crippen LogP contribution in [0.3, 0.4) is 0 Å². The van der Waals surface area contributed by atoms with Gasteiger partial charge in [0.2, 0.25) is 0 Å². The Balaban J connectivity index is 2.93. The van der Waals surface area contributed by atoms with E-state index in [1.807, 2.05) is 0 Å². The lowest BCUT2D eigenvalue weighted by Gasteiger charge is -2.12. The molecule has 0 unspecified atom stereocenters. The summed E-state index contributed by atoms with van der Waals surface area (Å²) < 4.78 is 38.0. The smallest absolute Gasteiger partial charge is 0.434 e. The molecule has 0 aliphatic heterocycles. The zero-order valence-electron chi connectivity index (χ0n) is 8.62. The van der Waals surface area contributed by atoms with E-state index in [0.29, 0.717) is 0 Å². The van der Waals surface area contributed by atoms with E-state index in [1.165, 1.54) is 24.3 Å². The third kappa shape index (κ3) is 1.99. The summed E-state index contributed by atoms with van der Waals surface area (Å²) in [5.41, 5.74) is -2.04. The van der Waals surface area contributed by atoms with Crippen LogP contribution in [-0.2, 0) is 6.18 Å². The molecule has 0 saturated heterocycles. The van der Waals surface area contributed by atoms with E-state index in [9.17, 15) is 18.0 Å². The molecular formula is C11H5ClF3NO2. The van der Waals surface area contributed by atoms with Crippen molar-refractivity contribution in [3.8, 4) is 0 Å². The molecule has 18 heavy (non-hydrogen) atoms. The van der Waals surface area contributed by atoms with Crippen molar-refractivity contribution in [2.45, 2.75) is 6.18 Å². The normalized spacial score (nSPS) is 11.8. The molecule has 0 fully saturated rings. The van der Waals surface area contributed by atoms with Crippen LogP contribution < -0.4 is 0 Å². The van der Waals surface area contributed by atoms with E-state index < -0.39 is 28.4 Å². The molecule has 0 radical (unpaired) electrons. The number of pyridine rings is 1. The lowest BCUT2D eigenvalue weighted by molar-refractivity contribution is -0.140. The predicted molar refractivity (Wildman–Crippen MR) is 58.7 cm³/mol. The lowest BCUT2D eigenvalue weighted by atomic mass is 10.1. The number of carboxylic acid groups (broad SMARTS) is 1. The van der Waals surface area contributed by atoms with Crippen molar-refractivity contribution in [1.82, 2.24) is 4.98 Å².